The van der Waals surface area contributed by atoms with Crippen molar-refractivity contribution in [2.75, 3.05) is 13.2 Å². The Morgan fingerprint density at radius 2 is 1.74 bits per heavy atom. The molecule has 0 bridgehead atoms. The number of fused-ring (bicyclic) bond motifs is 1. The molecular weight excluding hydrogens is 252 g/mol. The lowest BCUT2D eigenvalue weighted by Crippen LogP contribution is -2.43. The summed E-state index contributed by atoms with van der Waals surface area (Å²) < 4.78 is 12.2. The number of hydrogen-bond acceptors (Lipinski definition) is 2. The number of ether oxygens (including phenoxy) is 2. The lowest BCUT2D eigenvalue weighted by molar-refractivity contribution is -0.124. The smallest absolute Gasteiger partial charge is 0.188 e. The quantitative estimate of drug-likeness (QED) is 0.728. The van der Waals surface area contributed by atoms with Crippen LogP contribution in [0, 0.1) is 0 Å². The molecule has 0 amide bonds. The van der Waals surface area contributed by atoms with Crippen LogP contribution in [-0.4, -0.2) is 27.1 Å². The van der Waals surface area contributed by atoms with E-state index in [1.54, 1.807) is 0 Å². The Morgan fingerprint density at radius 3 is 2.42 bits per heavy atom. The molecule has 1 aromatic carbocycles. The largest absolute Gasteiger partial charge is 0.344 e. The van der Waals surface area contributed by atoms with Crippen molar-refractivity contribution in [1.82, 2.24) is 0 Å². The molecule has 1 fully saturated rings. The van der Waals surface area contributed by atoms with E-state index in [-0.39, 0.29) is 0 Å². The third-order valence-corrected chi connectivity index (χ3v) is 6.19. The molecule has 2 nitrogen and oxygen atoms in total. The van der Waals surface area contributed by atoms with Crippen molar-refractivity contribution in [3.05, 3.63) is 40.6 Å². The minimum atomic E-state index is -1.48. The summed E-state index contributed by atoms with van der Waals surface area (Å²) in [7, 11) is -1.48. The first-order chi connectivity index (χ1) is 9.01. The molecule has 0 saturated carbocycles. The molecule has 0 aromatic heterocycles. The van der Waals surface area contributed by atoms with Crippen LogP contribution in [0.4, 0.5) is 0 Å². The minimum absolute atomic E-state index is 0.441. The maximum atomic E-state index is 6.08. The number of hydrogen-bond donors (Lipinski definition) is 0. The van der Waals surface area contributed by atoms with E-state index in [4.69, 9.17) is 9.47 Å². The zero-order valence-electron chi connectivity index (χ0n) is 12.0. The highest BCUT2D eigenvalue weighted by Gasteiger charge is 2.46. The third-order valence-electron chi connectivity index (χ3n) is 4.05. The Labute approximate surface area is 116 Å². The zero-order valence-corrected chi connectivity index (χ0v) is 13.0. The maximum absolute atomic E-state index is 6.08. The van der Waals surface area contributed by atoms with Gasteiger partial charge in [-0.2, -0.15) is 0 Å². The van der Waals surface area contributed by atoms with E-state index in [2.05, 4.69) is 50.0 Å². The molecule has 102 valence electrons. The van der Waals surface area contributed by atoms with Crippen molar-refractivity contribution in [3.8, 4) is 0 Å². The second kappa shape index (κ2) is 4.58. The summed E-state index contributed by atoms with van der Waals surface area (Å²) in [6.07, 6.45) is 4.32. The number of aryl methyl sites for hydroxylation is 1. The van der Waals surface area contributed by atoms with E-state index in [0.29, 0.717) is 0 Å². The van der Waals surface area contributed by atoms with Crippen LogP contribution in [0.15, 0.2) is 29.5 Å². The van der Waals surface area contributed by atoms with Crippen LogP contribution in [0.1, 0.15) is 17.5 Å². The van der Waals surface area contributed by atoms with Crippen molar-refractivity contribution >= 4 is 14.1 Å². The van der Waals surface area contributed by atoms with Crippen LogP contribution in [0.3, 0.4) is 0 Å². The van der Waals surface area contributed by atoms with Gasteiger partial charge in [0.25, 0.3) is 0 Å². The highest BCUT2D eigenvalue weighted by Crippen LogP contribution is 2.41. The first kappa shape index (κ1) is 13.1. The van der Waals surface area contributed by atoms with Gasteiger partial charge in [-0.05, 0) is 22.7 Å². The van der Waals surface area contributed by atoms with Crippen LogP contribution in [0.25, 0.3) is 6.08 Å². The first-order valence-electron chi connectivity index (χ1n) is 7.10. The Bertz CT molecular complexity index is 508. The monoisotopic (exact) mass is 274 g/mol. The van der Waals surface area contributed by atoms with E-state index in [1.807, 2.05) is 0 Å². The van der Waals surface area contributed by atoms with E-state index in [1.165, 1.54) is 16.3 Å². The standard InChI is InChI=1S/C16H22O2Si/c1-19(2,3)15-12-14-7-5-4-6-13(14)8-9-16(15)17-10-11-18-16/h4-7,12H,8-11H2,1-3H3. The molecule has 0 N–H and O–H groups in total. The molecule has 1 spiro atoms. The van der Waals surface area contributed by atoms with Gasteiger partial charge < -0.3 is 9.47 Å². The molecule has 0 atom stereocenters. The van der Waals surface area contributed by atoms with E-state index in [0.717, 1.165) is 26.1 Å². The average Bonchev–Trinajstić information content (AvgIpc) is 2.75. The van der Waals surface area contributed by atoms with Crippen molar-refractivity contribution in [2.24, 2.45) is 0 Å². The minimum Gasteiger partial charge on any atom is -0.344 e. The molecule has 1 aliphatic heterocycles. The predicted molar refractivity (Wildman–Crippen MR) is 80.7 cm³/mol. The first-order valence-corrected chi connectivity index (χ1v) is 10.6. The Kier molecular flexibility index (Phi) is 3.16. The van der Waals surface area contributed by atoms with Gasteiger partial charge in [0.05, 0.1) is 21.3 Å². The summed E-state index contributed by atoms with van der Waals surface area (Å²) in [5.74, 6) is -0.441. The molecule has 3 rings (SSSR count). The number of benzene rings is 1. The van der Waals surface area contributed by atoms with Crippen LogP contribution >= 0.6 is 0 Å². The van der Waals surface area contributed by atoms with E-state index >= 15 is 0 Å². The summed E-state index contributed by atoms with van der Waals surface area (Å²) in [6, 6.07) is 8.67. The predicted octanol–water partition coefficient (Wildman–Crippen LogP) is 3.64. The van der Waals surface area contributed by atoms with Gasteiger partial charge >= 0.3 is 0 Å². The molecule has 2 aliphatic rings. The summed E-state index contributed by atoms with van der Waals surface area (Å²) in [6.45, 7) is 8.56. The van der Waals surface area contributed by atoms with Gasteiger partial charge in [0.2, 0.25) is 0 Å². The van der Waals surface area contributed by atoms with Crippen molar-refractivity contribution in [3.63, 3.8) is 0 Å². The Hall–Kier alpha value is -0.903. The normalized spacial score (nSPS) is 21.9. The van der Waals surface area contributed by atoms with Gasteiger partial charge in [-0.15, -0.1) is 0 Å². The molecule has 19 heavy (non-hydrogen) atoms. The van der Waals surface area contributed by atoms with Gasteiger partial charge in [0, 0.05) is 6.42 Å². The molecule has 0 unspecified atom stereocenters. The molecular formula is C16H22O2Si. The molecule has 1 heterocycles. The summed E-state index contributed by atoms with van der Waals surface area (Å²) in [5, 5.41) is 1.41. The summed E-state index contributed by atoms with van der Waals surface area (Å²) >= 11 is 0. The lowest BCUT2D eigenvalue weighted by Gasteiger charge is -2.35. The van der Waals surface area contributed by atoms with E-state index < -0.39 is 13.9 Å². The molecule has 1 aliphatic carbocycles. The van der Waals surface area contributed by atoms with Crippen molar-refractivity contribution in [2.45, 2.75) is 38.3 Å². The van der Waals surface area contributed by atoms with Gasteiger partial charge in [-0.25, -0.2) is 0 Å². The van der Waals surface area contributed by atoms with Gasteiger partial charge in [0.1, 0.15) is 0 Å². The zero-order chi connectivity index (χ0) is 13.5. The SMILES string of the molecule is C[Si](C)(C)C1=Cc2ccccc2CCC12OCCO2. The van der Waals surface area contributed by atoms with Crippen molar-refractivity contribution < 1.29 is 9.47 Å². The second-order valence-electron chi connectivity index (χ2n) is 6.46. The highest BCUT2D eigenvalue weighted by atomic mass is 28.3. The number of rotatable bonds is 1. The maximum Gasteiger partial charge on any atom is 0.188 e. The van der Waals surface area contributed by atoms with Gasteiger partial charge in [-0.1, -0.05) is 50.0 Å². The summed E-state index contributed by atoms with van der Waals surface area (Å²) in [4.78, 5) is 0. The van der Waals surface area contributed by atoms with Crippen LogP contribution in [0.2, 0.25) is 19.6 Å². The highest BCUT2D eigenvalue weighted by molar-refractivity contribution is 6.84. The molecule has 3 heteroatoms. The van der Waals surface area contributed by atoms with Crippen LogP contribution < -0.4 is 0 Å². The second-order valence-corrected chi connectivity index (χ2v) is 11.5. The summed E-state index contributed by atoms with van der Waals surface area (Å²) in [5.41, 5.74) is 2.75. The van der Waals surface area contributed by atoms with Gasteiger partial charge in [-0.3, -0.25) is 0 Å². The lowest BCUT2D eigenvalue weighted by atomic mass is 10.0. The third kappa shape index (κ3) is 2.31. The fourth-order valence-corrected chi connectivity index (χ4v) is 5.15. The molecule has 1 saturated heterocycles. The fourth-order valence-electron chi connectivity index (χ4n) is 3.14. The van der Waals surface area contributed by atoms with Crippen LogP contribution in [-0.2, 0) is 15.9 Å². The fraction of sp³-hybridized carbons (Fsp3) is 0.500. The Balaban J connectivity index is 2.13. The topological polar surface area (TPSA) is 18.5 Å². The molecule has 1 aromatic rings. The van der Waals surface area contributed by atoms with E-state index in [9.17, 15) is 0 Å². The average molecular weight is 274 g/mol. The molecule has 0 radical (unpaired) electrons. The Morgan fingerprint density at radius 1 is 1.05 bits per heavy atom. The van der Waals surface area contributed by atoms with Crippen LogP contribution in [0.5, 0.6) is 0 Å². The van der Waals surface area contributed by atoms with Gasteiger partial charge in [0.15, 0.2) is 5.79 Å². The van der Waals surface area contributed by atoms with Crippen molar-refractivity contribution in [1.29, 1.82) is 0 Å².